The Bertz CT molecular complexity index is 526. The summed E-state index contributed by atoms with van der Waals surface area (Å²) >= 11 is 0. The molecule has 0 aliphatic carbocycles. The Labute approximate surface area is 155 Å². The summed E-state index contributed by atoms with van der Waals surface area (Å²) in [7, 11) is 0. The van der Waals surface area contributed by atoms with Gasteiger partial charge in [0, 0.05) is 31.0 Å². The zero-order valence-corrected chi connectivity index (χ0v) is 15.0. The smallest absolute Gasteiger partial charge is 0.0845 e. The fraction of sp³-hybridized carbons (Fsp3) is 0.368. The number of nitrogens with zero attached hydrogens (tertiary/aromatic N) is 2. The summed E-state index contributed by atoms with van der Waals surface area (Å²) in [5, 5.41) is 28.7. The molecular formula is C19H26ClN2O3-. The van der Waals surface area contributed by atoms with Crippen LogP contribution < -0.4 is 17.3 Å². The molecule has 0 aromatic heterocycles. The topological polar surface area (TPSA) is 67.2 Å². The van der Waals surface area contributed by atoms with E-state index in [9.17, 15) is 5.11 Å². The molecule has 138 valence electrons. The van der Waals surface area contributed by atoms with Crippen LogP contribution in [0.4, 0.5) is 11.4 Å². The molecule has 0 fully saturated rings. The third kappa shape index (κ3) is 7.02. The lowest BCUT2D eigenvalue weighted by molar-refractivity contribution is -0.0000113. The second kappa shape index (κ2) is 11.8. The first-order chi connectivity index (χ1) is 11.7. The number of para-hydroxylation sites is 2. The predicted molar refractivity (Wildman–Crippen MR) is 96.5 cm³/mol. The third-order valence-electron chi connectivity index (χ3n) is 3.83. The number of halogens is 1. The molecule has 3 N–H and O–H groups in total. The Hall–Kier alpha value is -1.63. The van der Waals surface area contributed by atoms with Crippen molar-refractivity contribution in [3.05, 3.63) is 60.7 Å². The van der Waals surface area contributed by atoms with E-state index in [4.69, 9.17) is 10.2 Å². The monoisotopic (exact) mass is 365 g/mol. The lowest BCUT2D eigenvalue weighted by Crippen LogP contribution is -3.00. The normalized spacial score (nSPS) is 11.8. The first-order valence-corrected chi connectivity index (χ1v) is 8.24. The highest BCUT2D eigenvalue weighted by Crippen LogP contribution is 2.25. The summed E-state index contributed by atoms with van der Waals surface area (Å²) in [5.74, 6) is 0. The average molecular weight is 366 g/mol. The maximum atomic E-state index is 10.5. The zero-order valence-electron chi connectivity index (χ0n) is 14.2. The molecule has 0 radical (unpaired) electrons. The third-order valence-corrected chi connectivity index (χ3v) is 3.83. The molecule has 1 unspecified atom stereocenters. The van der Waals surface area contributed by atoms with Crippen molar-refractivity contribution in [3.63, 3.8) is 0 Å². The molecule has 0 heterocycles. The van der Waals surface area contributed by atoms with Crippen molar-refractivity contribution in [1.82, 2.24) is 4.90 Å². The molecule has 0 saturated carbocycles. The van der Waals surface area contributed by atoms with Crippen LogP contribution >= 0.6 is 0 Å². The van der Waals surface area contributed by atoms with Gasteiger partial charge in [-0.2, -0.15) is 0 Å². The molecule has 5 nitrogen and oxygen atoms in total. The second-order valence-electron chi connectivity index (χ2n) is 5.68. The summed E-state index contributed by atoms with van der Waals surface area (Å²) in [5.41, 5.74) is 2.03. The van der Waals surface area contributed by atoms with E-state index >= 15 is 0 Å². The minimum atomic E-state index is -0.608. The first kappa shape index (κ1) is 21.4. The fourth-order valence-electron chi connectivity index (χ4n) is 2.72. The number of hydrogen-bond donors (Lipinski definition) is 3. The van der Waals surface area contributed by atoms with Gasteiger partial charge in [-0.3, -0.25) is 4.90 Å². The molecule has 2 aromatic carbocycles. The van der Waals surface area contributed by atoms with Gasteiger partial charge in [0.25, 0.3) is 0 Å². The van der Waals surface area contributed by atoms with Gasteiger partial charge in [-0.05, 0) is 24.3 Å². The summed E-state index contributed by atoms with van der Waals surface area (Å²) in [4.78, 5) is 3.93. The van der Waals surface area contributed by atoms with E-state index in [-0.39, 0.29) is 25.6 Å². The lowest BCUT2D eigenvalue weighted by Gasteiger charge is -2.30. The van der Waals surface area contributed by atoms with Gasteiger partial charge in [-0.25, -0.2) is 0 Å². The van der Waals surface area contributed by atoms with Crippen LogP contribution in [0.2, 0.25) is 0 Å². The molecule has 0 aliphatic rings. The Morgan fingerprint density at radius 3 is 1.56 bits per heavy atom. The van der Waals surface area contributed by atoms with E-state index < -0.39 is 6.10 Å². The Morgan fingerprint density at radius 2 is 1.16 bits per heavy atom. The van der Waals surface area contributed by atoms with E-state index in [2.05, 4.69) is 4.90 Å². The van der Waals surface area contributed by atoms with Gasteiger partial charge >= 0.3 is 0 Å². The van der Waals surface area contributed by atoms with Crippen LogP contribution in [-0.2, 0) is 0 Å². The molecule has 1 atom stereocenters. The molecule has 6 heteroatoms. The van der Waals surface area contributed by atoms with Gasteiger partial charge in [0.1, 0.15) is 0 Å². The highest BCUT2D eigenvalue weighted by atomic mass is 35.5. The predicted octanol–water partition coefficient (Wildman–Crippen LogP) is -1.52. The average Bonchev–Trinajstić information content (AvgIpc) is 2.61. The molecular weight excluding hydrogens is 340 g/mol. The van der Waals surface area contributed by atoms with E-state index in [0.717, 1.165) is 11.4 Å². The first-order valence-electron chi connectivity index (χ1n) is 8.24. The maximum Gasteiger partial charge on any atom is 0.0845 e. The molecule has 0 spiro atoms. The Balaban J connectivity index is 0.00000312. The highest BCUT2D eigenvalue weighted by Gasteiger charge is 2.17. The van der Waals surface area contributed by atoms with Crippen molar-refractivity contribution >= 4 is 11.4 Å². The molecule has 0 aliphatic heterocycles. The SMILES string of the molecule is OCCN(CCO)CC(O)CN(c1ccccc1)c1ccccc1.[Cl-]. The van der Waals surface area contributed by atoms with Crippen LogP contribution in [0.1, 0.15) is 0 Å². The highest BCUT2D eigenvalue weighted by molar-refractivity contribution is 5.63. The van der Waals surface area contributed by atoms with Crippen LogP contribution in [-0.4, -0.2) is 65.7 Å². The zero-order chi connectivity index (χ0) is 17.2. The van der Waals surface area contributed by atoms with Crippen molar-refractivity contribution in [3.8, 4) is 0 Å². The van der Waals surface area contributed by atoms with Gasteiger partial charge in [-0.15, -0.1) is 0 Å². The van der Waals surface area contributed by atoms with Crippen LogP contribution in [0.5, 0.6) is 0 Å². The number of benzene rings is 2. The fourth-order valence-corrected chi connectivity index (χ4v) is 2.72. The van der Waals surface area contributed by atoms with Crippen molar-refractivity contribution in [2.45, 2.75) is 6.10 Å². The second-order valence-corrected chi connectivity index (χ2v) is 5.68. The number of aliphatic hydroxyl groups excluding tert-OH is 3. The van der Waals surface area contributed by atoms with Gasteiger partial charge in [-0.1, -0.05) is 36.4 Å². The number of rotatable bonds is 10. The molecule has 0 amide bonds. The number of hydrogen-bond acceptors (Lipinski definition) is 5. The quantitative estimate of drug-likeness (QED) is 0.477. The van der Waals surface area contributed by atoms with Crippen molar-refractivity contribution < 1.29 is 27.7 Å². The summed E-state index contributed by atoms with van der Waals surface area (Å²) in [6.45, 7) is 1.73. The van der Waals surface area contributed by atoms with E-state index in [0.29, 0.717) is 26.2 Å². The van der Waals surface area contributed by atoms with Crippen LogP contribution in [0, 0.1) is 0 Å². The standard InChI is InChI=1S/C19H26N2O3.ClH/c22-13-11-20(12-14-23)15-19(24)16-21(17-7-3-1-4-8-17)18-9-5-2-6-10-18;/h1-10,19,22-24H,11-16H2;1H/p-1. The van der Waals surface area contributed by atoms with Crippen LogP contribution in [0.15, 0.2) is 60.7 Å². The van der Waals surface area contributed by atoms with Crippen LogP contribution in [0.3, 0.4) is 0 Å². The van der Waals surface area contributed by atoms with E-state index in [1.807, 2.05) is 65.6 Å². The van der Waals surface area contributed by atoms with Gasteiger partial charge < -0.3 is 32.6 Å². The largest absolute Gasteiger partial charge is 1.00 e. The molecule has 25 heavy (non-hydrogen) atoms. The molecule has 2 rings (SSSR count). The van der Waals surface area contributed by atoms with Crippen LogP contribution in [0.25, 0.3) is 0 Å². The van der Waals surface area contributed by atoms with Crippen molar-refractivity contribution in [2.24, 2.45) is 0 Å². The lowest BCUT2D eigenvalue weighted by atomic mass is 10.2. The van der Waals surface area contributed by atoms with Gasteiger partial charge in [0.2, 0.25) is 0 Å². The minimum Gasteiger partial charge on any atom is -1.00 e. The number of aliphatic hydroxyl groups is 3. The molecule has 2 aromatic rings. The summed E-state index contributed by atoms with van der Waals surface area (Å²) in [6, 6.07) is 19.9. The molecule has 0 saturated heterocycles. The Kier molecular flexibility index (Phi) is 10.1. The Morgan fingerprint density at radius 1 is 0.720 bits per heavy atom. The van der Waals surface area contributed by atoms with Gasteiger partial charge in [0.05, 0.1) is 25.9 Å². The molecule has 0 bridgehead atoms. The summed E-state index contributed by atoms with van der Waals surface area (Å²) in [6.07, 6.45) is -0.608. The minimum absolute atomic E-state index is 0. The maximum absolute atomic E-state index is 10.5. The van der Waals surface area contributed by atoms with Crippen molar-refractivity contribution in [1.29, 1.82) is 0 Å². The summed E-state index contributed by atoms with van der Waals surface area (Å²) < 4.78 is 0. The van der Waals surface area contributed by atoms with E-state index in [1.54, 1.807) is 0 Å². The van der Waals surface area contributed by atoms with Crippen molar-refractivity contribution in [2.75, 3.05) is 44.3 Å². The van der Waals surface area contributed by atoms with Gasteiger partial charge in [0.15, 0.2) is 0 Å². The van der Waals surface area contributed by atoms with E-state index in [1.165, 1.54) is 0 Å². The number of anilines is 2.